The predicted octanol–water partition coefficient (Wildman–Crippen LogP) is 2.45. The summed E-state index contributed by atoms with van der Waals surface area (Å²) in [4.78, 5) is 0. The molecule has 0 aliphatic rings. The minimum atomic E-state index is 0.949. The van der Waals surface area contributed by atoms with Crippen molar-refractivity contribution in [2.75, 3.05) is 5.75 Å². The fourth-order valence-corrected chi connectivity index (χ4v) is 1.10. The van der Waals surface area contributed by atoms with Crippen LogP contribution in [0.15, 0.2) is 16.7 Å². The van der Waals surface area contributed by atoms with Crippen molar-refractivity contribution in [3.63, 3.8) is 0 Å². The smallest absolute Gasteiger partial charge is 0.103 e. The van der Waals surface area contributed by atoms with Crippen molar-refractivity contribution >= 4 is 12.6 Å². The molecule has 0 atom stereocenters. The Morgan fingerprint density at radius 1 is 1.60 bits per heavy atom. The molecule has 0 saturated heterocycles. The van der Waals surface area contributed by atoms with E-state index < -0.39 is 0 Å². The Balaban J connectivity index is 2.49. The van der Waals surface area contributed by atoms with Crippen LogP contribution in [0.3, 0.4) is 0 Å². The maximum atomic E-state index is 5.14. The molecule has 2 heteroatoms. The van der Waals surface area contributed by atoms with Gasteiger partial charge in [-0.15, -0.1) is 0 Å². The molecule has 0 N–H and O–H groups in total. The van der Waals surface area contributed by atoms with Gasteiger partial charge in [0.2, 0.25) is 0 Å². The molecule has 0 amide bonds. The molecule has 0 aliphatic heterocycles. The molecule has 0 spiro atoms. The Morgan fingerprint density at radius 2 is 2.40 bits per heavy atom. The largest absolute Gasteiger partial charge is 0.469 e. The lowest BCUT2D eigenvalue weighted by atomic mass is 10.1. The van der Waals surface area contributed by atoms with E-state index in [9.17, 15) is 0 Å². The lowest BCUT2D eigenvalue weighted by Gasteiger charge is -1.93. The minimum Gasteiger partial charge on any atom is -0.469 e. The topological polar surface area (TPSA) is 13.1 Å². The molecule has 0 aromatic carbocycles. The van der Waals surface area contributed by atoms with Gasteiger partial charge in [0.1, 0.15) is 5.76 Å². The number of thiol groups is 1. The lowest BCUT2D eigenvalue weighted by molar-refractivity contribution is 0.529. The van der Waals surface area contributed by atoms with Gasteiger partial charge in [0.05, 0.1) is 6.26 Å². The van der Waals surface area contributed by atoms with Gasteiger partial charge >= 0.3 is 0 Å². The molecule has 1 aromatic rings. The average molecular weight is 156 g/mol. The van der Waals surface area contributed by atoms with Crippen LogP contribution in [-0.4, -0.2) is 5.75 Å². The highest BCUT2D eigenvalue weighted by molar-refractivity contribution is 7.80. The number of furan rings is 1. The van der Waals surface area contributed by atoms with Crippen molar-refractivity contribution < 1.29 is 4.42 Å². The zero-order valence-electron chi connectivity index (χ0n) is 6.13. The molecule has 10 heavy (non-hydrogen) atoms. The third-order valence-electron chi connectivity index (χ3n) is 1.57. The fraction of sp³-hybridized carbons (Fsp3) is 0.500. The van der Waals surface area contributed by atoms with Gasteiger partial charge in [-0.2, -0.15) is 12.6 Å². The molecule has 0 aliphatic carbocycles. The standard InChI is InChI=1S/C8H12OS/c1-7-8(3-2-6-10)4-5-9-7/h4-5,10H,2-3,6H2,1H3. The third-order valence-corrected chi connectivity index (χ3v) is 1.89. The summed E-state index contributed by atoms with van der Waals surface area (Å²) in [6.07, 6.45) is 3.96. The van der Waals surface area contributed by atoms with Gasteiger partial charge in [0.25, 0.3) is 0 Å². The van der Waals surface area contributed by atoms with Crippen molar-refractivity contribution in [3.05, 3.63) is 23.7 Å². The Morgan fingerprint density at radius 3 is 2.90 bits per heavy atom. The number of aryl methyl sites for hydroxylation is 2. The van der Waals surface area contributed by atoms with Crippen LogP contribution in [0.2, 0.25) is 0 Å². The van der Waals surface area contributed by atoms with E-state index in [0.717, 1.165) is 24.4 Å². The number of rotatable bonds is 3. The second-order valence-electron chi connectivity index (χ2n) is 2.33. The fourth-order valence-electron chi connectivity index (χ4n) is 0.940. The van der Waals surface area contributed by atoms with Gasteiger partial charge in [0.15, 0.2) is 0 Å². The monoisotopic (exact) mass is 156 g/mol. The van der Waals surface area contributed by atoms with E-state index in [2.05, 4.69) is 12.6 Å². The highest BCUT2D eigenvalue weighted by Crippen LogP contribution is 2.10. The zero-order chi connectivity index (χ0) is 7.40. The molecule has 0 radical (unpaired) electrons. The second-order valence-corrected chi connectivity index (χ2v) is 2.78. The van der Waals surface area contributed by atoms with Crippen LogP contribution in [-0.2, 0) is 6.42 Å². The summed E-state index contributed by atoms with van der Waals surface area (Å²) in [5, 5.41) is 0. The van der Waals surface area contributed by atoms with Crippen molar-refractivity contribution in [1.29, 1.82) is 0 Å². The molecule has 0 unspecified atom stereocenters. The van der Waals surface area contributed by atoms with Crippen molar-refractivity contribution in [2.45, 2.75) is 19.8 Å². The van der Waals surface area contributed by atoms with Crippen molar-refractivity contribution in [3.8, 4) is 0 Å². The summed E-state index contributed by atoms with van der Waals surface area (Å²) < 4.78 is 5.14. The SMILES string of the molecule is Cc1occc1CCCS. The predicted molar refractivity (Wildman–Crippen MR) is 45.6 cm³/mol. The Bertz CT molecular complexity index is 193. The molecule has 1 aromatic heterocycles. The first-order valence-electron chi connectivity index (χ1n) is 3.48. The zero-order valence-corrected chi connectivity index (χ0v) is 7.03. The molecular weight excluding hydrogens is 144 g/mol. The average Bonchev–Trinajstić information content (AvgIpc) is 2.31. The molecule has 0 bridgehead atoms. The maximum Gasteiger partial charge on any atom is 0.103 e. The highest BCUT2D eigenvalue weighted by Gasteiger charge is 1.98. The molecular formula is C8H12OS. The summed E-state index contributed by atoms with van der Waals surface area (Å²) in [6.45, 7) is 1.99. The van der Waals surface area contributed by atoms with Gasteiger partial charge in [-0.25, -0.2) is 0 Å². The first-order valence-corrected chi connectivity index (χ1v) is 4.11. The van der Waals surface area contributed by atoms with E-state index in [4.69, 9.17) is 4.42 Å². The van der Waals surface area contributed by atoms with E-state index in [0.29, 0.717) is 0 Å². The summed E-state index contributed by atoms with van der Waals surface area (Å²) in [5.74, 6) is 1.99. The molecule has 0 fully saturated rings. The Kier molecular flexibility index (Phi) is 2.87. The normalized spacial score (nSPS) is 10.2. The highest BCUT2D eigenvalue weighted by atomic mass is 32.1. The van der Waals surface area contributed by atoms with E-state index in [-0.39, 0.29) is 0 Å². The number of hydrogen-bond acceptors (Lipinski definition) is 2. The molecule has 1 nitrogen and oxygen atoms in total. The minimum absolute atomic E-state index is 0.949. The van der Waals surface area contributed by atoms with Crippen LogP contribution in [0.25, 0.3) is 0 Å². The van der Waals surface area contributed by atoms with Gasteiger partial charge in [-0.3, -0.25) is 0 Å². The van der Waals surface area contributed by atoms with Crippen LogP contribution in [0.1, 0.15) is 17.7 Å². The van der Waals surface area contributed by atoms with E-state index in [1.807, 2.05) is 13.0 Å². The molecule has 0 saturated carbocycles. The molecule has 1 rings (SSSR count). The van der Waals surface area contributed by atoms with Gasteiger partial charge in [-0.05, 0) is 37.1 Å². The van der Waals surface area contributed by atoms with Crippen LogP contribution in [0.4, 0.5) is 0 Å². The summed E-state index contributed by atoms with van der Waals surface area (Å²) in [6, 6.07) is 2.03. The first-order chi connectivity index (χ1) is 4.84. The quantitative estimate of drug-likeness (QED) is 0.663. The Hall–Kier alpha value is -0.370. The van der Waals surface area contributed by atoms with Crippen LogP contribution in [0.5, 0.6) is 0 Å². The lowest BCUT2D eigenvalue weighted by Crippen LogP contribution is -1.84. The van der Waals surface area contributed by atoms with Crippen LogP contribution in [0, 0.1) is 6.92 Å². The van der Waals surface area contributed by atoms with Crippen molar-refractivity contribution in [2.24, 2.45) is 0 Å². The Labute approximate surface area is 66.8 Å². The third kappa shape index (κ3) is 1.81. The summed E-state index contributed by atoms with van der Waals surface area (Å²) in [7, 11) is 0. The van der Waals surface area contributed by atoms with Gasteiger partial charge in [-0.1, -0.05) is 0 Å². The van der Waals surface area contributed by atoms with E-state index >= 15 is 0 Å². The van der Waals surface area contributed by atoms with E-state index in [1.54, 1.807) is 6.26 Å². The second kappa shape index (κ2) is 3.71. The summed E-state index contributed by atoms with van der Waals surface area (Å²) in [5.41, 5.74) is 1.31. The molecule has 1 heterocycles. The maximum absolute atomic E-state index is 5.14. The van der Waals surface area contributed by atoms with Gasteiger partial charge < -0.3 is 4.42 Å². The number of hydrogen-bond donors (Lipinski definition) is 1. The molecule has 56 valence electrons. The van der Waals surface area contributed by atoms with Gasteiger partial charge in [0, 0.05) is 0 Å². The van der Waals surface area contributed by atoms with Crippen LogP contribution >= 0.6 is 12.6 Å². The van der Waals surface area contributed by atoms with Crippen molar-refractivity contribution in [1.82, 2.24) is 0 Å². The van der Waals surface area contributed by atoms with Crippen LogP contribution < -0.4 is 0 Å². The van der Waals surface area contributed by atoms with E-state index in [1.165, 1.54) is 5.56 Å². The first kappa shape index (κ1) is 7.73. The summed E-state index contributed by atoms with van der Waals surface area (Å²) >= 11 is 4.14.